The van der Waals surface area contributed by atoms with Gasteiger partial charge in [-0.15, -0.1) is 0 Å². The fourth-order valence-electron chi connectivity index (χ4n) is 1.92. The lowest BCUT2D eigenvalue weighted by Gasteiger charge is -2.07. The summed E-state index contributed by atoms with van der Waals surface area (Å²) in [6.45, 7) is 4.29. The predicted octanol–water partition coefficient (Wildman–Crippen LogP) is 3.93. The van der Waals surface area contributed by atoms with Gasteiger partial charge in [0, 0.05) is 0 Å². The largest absolute Gasteiger partial charge is 0.508 e. The maximum absolute atomic E-state index is 9.46. The number of hydrogen-bond donors (Lipinski definition) is 1. The summed E-state index contributed by atoms with van der Waals surface area (Å²) in [4.78, 5) is 0. The molecule has 82 valence electrons. The molecule has 0 atom stereocenters. The highest BCUT2D eigenvalue weighted by molar-refractivity contribution is 5.66. The summed E-state index contributed by atoms with van der Waals surface area (Å²) in [5, 5.41) is 9.46. The molecule has 0 heterocycles. The molecule has 0 amide bonds. The zero-order valence-corrected chi connectivity index (χ0v) is 9.70. The van der Waals surface area contributed by atoms with E-state index in [4.69, 9.17) is 0 Å². The number of aryl methyl sites for hydroxylation is 2. The van der Waals surface area contributed by atoms with E-state index in [1.807, 2.05) is 12.1 Å². The quantitative estimate of drug-likeness (QED) is 0.799. The molecule has 0 spiro atoms. The summed E-state index contributed by atoms with van der Waals surface area (Å²) in [6.07, 6.45) is 1.04. The molecule has 1 heteroatoms. The third-order valence-electron chi connectivity index (χ3n) is 2.91. The lowest BCUT2D eigenvalue weighted by atomic mass is 9.98. The van der Waals surface area contributed by atoms with Crippen molar-refractivity contribution in [3.8, 4) is 16.9 Å². The predicted molar refractivity (Wildman–Crippen MR) is 67.7 cm³/mol. The normalized spacial score (nSPS) is 10.4. The number of phenolic OH excluding ortho intramolecular Hbond substituents is 1. The summed E-state index contributed by atoms with van der Waals surface area (Å²) >= 11 is 0. The highest BCUT2D eigenvalue weighted by atomic mass is 16.3. The average molecular weight is 212 g/mol. The van der Waals surface area contributed by atoms with Crippen molar-refractivity contribution in [2.75, 3.05) is 0 Å². The number of phenols is 1. The Balaban J connectivity index is 2.48. The molecule has 2 aromatic carbocycles. The monoisotopic (exact) mass is 212 g/mol. The van der Waals surface area contributed by atoms with Gasteiger partial charge in [-0.05, 0) is 47.7 Å². The van der Waals surface area contributed by atoms with Crippen molar-refractivity contribution >= 4 is 0 Å². The molecule has 0 saturated carbocycles. The molecular weight excluding hydrogens is 196 g/mol. The second-order valence-electron chi connectivity index (χ2n) is 4.05. The Labute approximate surface area is 96.4 Å². The maximum Gasteiger partial charge on any atom is 0.116 e. The molecule has 0 fully saturated rings. The van der Waals surface area contributed by atoms with E-state index in [-0.39, 0.29) is 0 Å². The van der Waals surface area contributed by atoms with Gasteiger partial charge in [-0.25, -0.2) is 0 Å². The fourth-order valence-corrected chi connectivity index (χ4v) is 1.92. The molecule has 0 saturated heterocycles. The van der Waals surface area contributed by atoms with Crippen LogP contribution >= 0.6 is 0 Å². The minimum Gasteiger partial charge on any atom is -0.508 e. The van der Waals surface area contributed by atoms with E-state index in [0.717, 1.165) is 12.0 Å². The summed E-state index contributed by atoms with van der Waals surface area (Å²) in [5.41, 5.74) is 4.92. The molecule has 0 aliphatic carbocycles. The third kappa shape index (κ3) is 2.08. The fraction of sp³-hybridized carbons (Fsp3) is 0.200. The van der Waals surface area contributed by atoms with Crippen LogP contribution in [0, 0.1) is 6.92 Å². The average Bonchev–Trinajstić information content (AvgIpc) is 2.29. The lowest BCUT2D eigenvalue weighted by molar-refractivity contribution is 0.475. The van der Waals surface area contributed by atoms with E-state index in [9.17, 15) is 5.11 Å². The second kappa shape index (κ2) is 4.40. The van der Waals surface area contributed by atoms with E-state index in [2.05, 4.69) is 32.0 Å². The molecule has 0 aromatic heterocycles. The van der Waals surface area contributed by atoms with Crippen molar-refractivity contribution in [2.24, 2.45) is 0 Å². The first-order valence-corrected chi connectivity index (χ1v) is 5.59. The van der Waals surface area contributed by atoms with Crippen molar-refractivity contribution in [1.29, 1.82) is 0 Å². The molecule has 1 nitrogen and oxygen atoms in total. The van der Waals surface area contributed by atoms with Crippen molar-refractivity contribution in [3.63, 3.8) is 0 Å². The second-order valence-corrected chi connectivity index (χ2v) is 4.05. The van der Waals surface area contributed by atoms with Crippen molar-refractivity contribution < 1.29 is 5.11 Å². The standard InChI is InChI=1S/C15H16O/c1-3-12-9-14(8-7-11(12)2)13-5-4-6-15(16)10-13/h4-10,16H,3H2,1-2H3. The van der Waals surface area contributed by atoms with Crippen LogP contribution in [0.2, 0.25) is 0 Å². The molecule has 0 aliphatic heterocycles. The Bertz CT molecular complexity index is 501. The Morgan fingerprint density at radius 3 is 2.44 bits per heavy atom. The molecule has 2 rings (SSSR count). The van der Waals surface area contributed by atoms with Crippen molar-refractivity contribution in [2.45, 2.75) is 20.3 Å². The molecular formula is C15H16O. The van der Waals surface area contributed by atoms with Gasteiger partial charge in [-0.2, -0.15) is 0 Å². The van der Waals surface area contributed by atoms with E-state index in [1.54, 1.807) is 12.1 Å². The van der Waals surface area contributed by atoms with E-state index >= 15 is 0 Å². The van der Waals surface area contributed by atoms with Crippen LogP contribution in [0.1, 0.15) is 18.1 Å². The Morgan fingerprint density at radius 2 is 1.75 bits per heavy atom. The van der Waals surface area contributed by atoms with E-state index in [0.29, 0.717) is 5.75 Å². The van der Waals surface area contributed by atoms with Crippen molar-refractivity contribution in [1.82, 2.24) is 0 Å². The minimum atomic E-state index is 0.316. The van der Waals surface area contributed by atoms with Gasteiger partial charge in [0.25, 0.3) is 0 Å². The Morgan fingerprint density at radius 1 is 1.00 bits per heavy atom. The van der Waals surface area contributed by atoms with Crippen LogP contribution in [0.4, 0.5) is 0 Å². The highest BCUT2D eigenvalue weighted by Crippen LogP contribution is 2.25. The van der Waals surface area contributed by atoms with Crippen LogP contribution in [-0.4, -0.2) is 5.11 Å². The Kier molecular flexibility index (Phi) is 2.95. The summed E-state index contributed by atoms with van der Waals surface area (Å²) in [7, 11) is 0. The summed E-state index contributed by atoms with van der Waals surface area (Å²) < 4.78 is 0. The number of aromatic hydroxyl groups is 1. The highest BCUT2D eigenvalue weighted by Gasteiger charge is 2.01. The first kappa shape index (κ1) is 10.7. The molecule has 0 radical (unpaired) electrons. The summed E-state index contributed by atoms with van der Waals surface area (Å²) in [6, 6.07) is 13.8. The van der Waals surface area contributed by atoms with Gasteiger partial charge in [0.15, 0.2) is 0 Å². The third-order valence-corrected chi connectivity index (χ3v) is 2.91. The van der Waals surface area contributed by atoms with Crippen LogP contribution in [0.15, 0.2) is 42.5 Å². The molecule has 2 aromatic rings. The van der Waals surface area contributed by atoms with E-state index in [1.165, 1.54) is 16.7 Å². The van der Waals surface area contributed by atoms with Crippen LogP contribution < -0.4 is 0 Å². The Hall–Kier alpha value is -1.76. The van der Waals surface area contributed by atoms with Gasteiger partial charge in [-0.1, -0.05) is 37.3 Å². The topological polar surface area (TPSA) is 20.2 Å². The molecule has 0 unspecified atom stereocenters. The van der Waals surface area contributed by atoms with Gasteiger partial charge in [-0.3, -0.25) is 0 Å². The SMILES string of the molecule is CCc1cc(-c2cccc(O)c2)ccc1C. The van der Waals surface area contributed by atoms with Gasteiger partial charge >= 0.3 is 0 Å². The lowest BCUT2D eigenvalue weighted by Crippen LogP contribution is -1.87. The van der Waals surface area contributed by atoms with Gasteiger partial charge in [0.2, 0.25) is 0 Å². The zero-order chi connectivity index (χ0) is 11.5. The zero-order valence-electron chi connectivity index (χ0n) is 9.70. The minimum absolute atomic E-state index is 0.316. The number of rotatable bonds is 2. The first-order valence-electron chi connectivity index (χ1n) is 5.59. The van der Waals surface area contributed by atoms with Crippen LogP contribution in [0.3, 0.4) is 0 Å². The first-order chi connectivity index (χ1) is 7.70. The molecule has 0 aliphatic rings. The van der Waals surface area contributed by atoms with Crippen LogP contribution in [0.5, 0.6) is 5.75 Å². The molecule has 0 bridgehead atoms. The smallest absolute Gasteiger partial charge is 0.116 e. The van der Waals surface area contributed by atoms with Gasteiger partial charge in [0.1, 0.15) is 5.75 Å². The van der Waals surface area contributed by atoms with Crippen LogP contribution in [0.25, 0.3) is 11.1 Å². The van der Waals surface area contributed by atoms with Gasteiger partial charge in [0.05, 0.1) is 0 Å². The number of hydrogen-bond acceptors (Lipinski definition) is 1. The van der Waals surface area contributed by atoms with Crippen molar-refractivity contribution in [3.05, 3.63) is 53.6 Å². The number of benzene rings is 2. The van der Waals surface area contributed by atoms with Crippen LogP contribution in [-0.2, 0) is 6.42 Å². The van der Waals surface area contributed by atoms with E-state index < -0.39 is 0 Å². The molecule has 16 heavy (non-hydrogen) atoms. The summed E-state index contributed by atoms with van der Waals surface area (Å²) in [5.74, 6) is 0.316. The maximum atomic E-state index is 9.46. The van der Waals surface area contributed by atoms with Gasteiger partial charge < -0.3 is 5.11 Å². The molecule has 1 N–H and O–H groups in total.